The average Bonchev–Trinajstić information content (AvgIpc) is 2.53. The maximum atomic E-state index is 13.0. The summed E-state index contributed by atoms with van der Waals surface area (Å²) in [4.78, 5) is 12.8. The number of alkyl halides is 1. The van der Waals surface area contributed by atoms with E-state index in [2.05, 4.69) is 15.9 Å². The first kappa shape index (κ1) is 19.4. The molecule has 0 amide bonds. The average molecular weight is 418 g/mol. The van der Waals surface area contributed by atoms with E-state index in [4.69, 9.17) is 4.74 Å². The summed E-state index contributed by atoms with van der Waals surface area (Å²) < 4.78 is 32.7. The van der Waals surface area contributed by atoms with Crippen molar-refractivity contribution in [1.29, 1.82) is 0 Å². The van der Waals surface area contributed by atoms with Crippen LogP contribution in [0.4, 0.5) is 0 Å². The molecule has 1 saturated heterocycles. The molecule has 2 unspecified atom stereocenters. The molecule has 2 atom stereocenters. The van der Waals surface area contributed by atoms with Crippen molar-refractivity contribution in [3.05, 3.63) is 30.3 Å². The van der Waals surface area contributed by atoms with E-state index in [1.165, 1.54) is 4.31 Å². The van der Waals surface area contributed by atoms with Crippen molar-refractivity contribution in [3.8, 4) is 0 Å². The zero-order valence-corrected chi connectivity index (χ0v) is 16.6. The second-order valence-corrected chi connectivity index (χ2v) is 9.56. The Labute approximate surface area is 152 Å². The Balaban J connectivity index is 2.33. The summed E-state index contributed by atoms with van der Waals surface area (Å²) in [6, 6.07) is 7.45. The number of piperidine rings is 1. The number of ether oxygens (including phenoxy) is 1. The Kier molecular flexibility index (Phi) is 6.09. The molecule has 1 aliphatic rings. The third-order valence-electron chi connectivity index (χ3n) is 3.91. The molecule has 0 bridgehead atoms. The third kappa shape index (κ3) is 4.58. The van der Waals surface area contributed by atoms with Crippen LogP contribution in [-0.4, -0.2) is 42.2 Å². The van der Waals surface area contributed by atoms with Crippen molar-refractivity contribution in [2.24, 2.45) is 5.92 Å². The highest BCUT2D eigenvalue weighted by Gasteiger charge is 2.42. The molecular formula is C17H24BrNO4S. The van der Waals surface area contributed by atoms with E-state index in [1.807, 2.05) is 0 Å². The van der Waals surface area contributed by atoms with Crippen LogP contribution in [0.3, 0.4) is 0 Å². The van der Waals surface area contributed by atoms with Crippen molar-refractivity contribution in [2.45, 2.75) is 50.2 Å². The molecule has 7 heteroatoms. The molecular weight excluding hydrogens is 394 g/mol. The molecule has 1 fully saturated rings. The van der Waals surface area contributed by atoms with Crippen LogP contribution in [-0.2, 0) is 19.6 Å². The third-order valence-corrected chi connectivity index (χ3v) is 6.75. The Hall–Kier alpha value is -0.920. The predicted molar refractivity (Wildman–Crippen MR) is 96.5 cm³/mol. The fraction of sp³-hybridized carbons (Fsp3) is 0.588. The molecule has 134 valence electrons. The van der Waals surface area contributed by atoms with Crippen LogP contribution in [0.25, 0.3) is 0 Å². The number of rotatable bonds is 4. The van der Waals surface area contributed by atoms with E-state index in [9.17, 15) is 13.2 Å². The zero-order valence-electron chi connectivity index (χ0n) is 14.2. The Morgan fingerprint density at radius 3 is 2.46 bits per heavy atom. The lowest BCUT2D eigenvalue weighted by atomic mass is 9.94. The lowest BCUT2D eigenvalue weighted by Gasteiger charge is -2.37. The summed E-state index contributed by atoms with van der Waals surface area (Å²) in [7, 11) is -3.73. The van der Waals surface area contributed by atoms with Crippen LogP contribution in [0.15, 0.2) is 35.2 Å². The number of halogens is 1. The number of hydrogen-bond acceptors (Lipinski definition) is 4. The Morgan fingerprint density at radius 1 is 1.29 bits per heavy atom. The van der Waals surface area contributed by atoms with Crippen molar-refractivity contribution in [2.75, 3.05) is 11.9 Å². The van der Waals surface area contributed by atoms with Gasteiger partial charge in [-0.15, -0.1) is 0 Å². The van der Waals surface area contributed by atoms with Crippen molar-refractivity contribution in [1.82, 2.24) is 4.31 Å². The van der Waals surface area contributed by atoms with Gasteiger partial charge in [-0.05, 0) is 51.7 Å². The van der Waals surface area contributed by atoms with E-state index in [0.717, 1.165) is 11.8 Å². The van der Waals surface area contributed by atoms with E-state index >= 15 is 0 Å². The molecule has 0 aromatic heterocycles. The smallest absolute Gasteiger partial charge is 0.324 e. The molecule has 24 heavy (non-hydrogen) atoms. The maximum Gasteiger partial charge on any atom is 0.324 e. The van der Waals surface area contributed by atoms with Crippen molar-refractivity contribution in [3.63, 3.8) is 0 Å². The number of benzene rings is 1. The van der Waals surface area contributed by atoms with Gasteiger partial charge in [-0.3, -0.25) is 4.79 Å². The minimum Gasteiger partial charge on any atom is -0.459 e. The van der Waals surface area contributed by atoms with E-state index in [1.54, 1.807) is 51.1 Å². The van der Waals surface area contributed by atoms with Gasteiger partial charge in [0.1, 0.15) is 11.6 Å². The maximum absolute atomic E-state index is 13.0. The fourth-order valence-electron chi connectivity index (χ4n) is 2.76. The first-order valence-corrected chi connectivity index (χ1v) is 10.6. The lowest BCUT2D eigenvalue weighted by molar-refractivity contribution is -0.161. The van der Waals surface area contributed by atoms with Crippen LogP contribution in [0.2, 0.25) is 0 Å². The monoisotopic (exact) mass is 417 g/mol. The van der Waals surface area contributed by atoms with Gasteiger partial charge in [0.2, 0.25) is 10.0 Å². The van der Waals surface area contributed by atoms with Gasteiger partial charge in [0, 0.05) is 11.9 Å². The summed E-state index contributed by atoms with van der Waals surface area (Å²) in [5.41, 5.74) is -0.652. The standard InChI is InChI=1S/C17H24BrNO4S/c1-17(2,3)23-16(20)15-11-13(12-18)9-10-19(15)24(21,22)14-7-5-4-6-8-14/h4-8,13,15H,9-12H2,1-3H3. The molecule has 5 nitrogen and oxygen atoms in total. The van der Waals surface area contributed by atoms with Gasteiger partial charge in [0.25, 0.3) is 0 Å². The van der Waals surface area contributed by atoms with Crippen LogP contribution < -0.4 is 0 Å². The molecule has 0 N–H and O–H groups in total. The summed E-state index contributed by atoms with van der Waals surface area (Å²) in [5.74, 6) is -0.225. The topological polar surface area (TPSA) is 63.7 Å². The highest BCUT2D eigenvalue weighted by atomic mass is 79.9. The van der Waals surface area contributed by atoms with Crippen LogP contribution in [0, 0.1) is 5.92 Å². The molecule has 0 radical (unpaired) electrons. The Bertz CT molecular complexity index is 670. The zero-order chi connectivity index (χ0) is 18.0. The molecule has 0 spiro atoms. The number of esters is 1. The van der Waals surface area contributed by atoms with Crippen molar-refractivity contribution >= 4 is 31.9 Å². The second kappa shape index (κ2) is 7.54. The van der Waals surface area contributed by atoms with Crippen LogP contribution in [0.1, 0.15) is 33.6 Å². The number of carbonyl (C=O) groups is 1. The highest BCUT2D eigenvalue weighted by Crippen LogP contribution is 2.31. The summed E-state index contributed by atoms with van der Waals surface area (Å²) in [5, 5.41) is 0.742. The van der Waals surface area contributed by atoms with Gasteiger partial charge in [-0.2, -0.15) is 4.31 Å². The minimum atomic E-state index is -3.73. The first-order chi connectivity index (χ1) is 11.1. The second-order valence-electron chi connectivity index (χ2n) is 7.02. The van der Waals surface area contributed by atoms with Gasteiger partial charge in [-0.1, -0.05) is 34.1 Å². The fourth-order valence-corrected chi connectivity index (χ4v) is 4.97. The quantitative estimate of drug-likeness (QED) is 0.557. The number of nitrogens with zero attached hydrogens (tertiary/aromatic N) is 1. The predicted octanol–water partition coefficient (Wildman–Crippen LogP) is 3.19. The van der Waals surface area contributed by atoms with E-state index < -0.39 is 27.6 Å². The van der Waals surface area contributed by atoms with Crippen LogP contribution in [0.5, 0.6) is 0 Å². The van der Waals surface area contributed by atoms with Crippen LogP contribution >= 0.6 is 15.9 Å². The molecule has 0 aliphatic carbocycles. The number of hydrogen-bond donors (Lipinski definition) is 0. The molecule has 0 saturated carbocycles. The van der Waals surface area contributed by atoms with Gasteiger partial charge < -0.3 is 4.74 Å². The molecule has 1 heterocycles. The van der Waals surface area contributed by atoms with Gasteiger partial charge >= 0.3 is 5.97 Å². The molecule has 1 aromatic carbocycles. The summed E-state index contributed by atoms with van der Waals surface area (Å²) in [6.45, 7) is 5.67. The number of sulfonamides is 1. The van der Waals surface area contributed by atoms with Gasteiger partial charge in [0.15, 0.2) is 0 Å². The first-order valence-electron chi connectivity index (χ1n) is 8.01. The normalized spacial score (nSPS) is 23.0. The molecule has 1 aromatic rings. The SMILES string of the molecule is CC(C)(C)OC(=O)C1CC(CBr)CCN1S(=O)(=O)c1ccccc1. The lowest BCUT2D eigenvalue weighted by Crippen LogP contribution is -2.51. The largest absolute Gasteiger partial charge is 0.459 e. The summed E-state index contributed by atoms with van der Waals surface area (Å²) >= 11 is 3.44. The number of carbonyl (C=O) groups excluding carboxylic acids is 1. The van der Waals surface area contributed by atoms with Crippen molar-refractivity contribution < 1.29 is 17.9 Å². The van der Waals surface area contributed by atoms with E-state index in [-0.39, 0.29) is 10.8 Å². The molecule has 2 rings (SSSR count). The Morgan fingerprint density at radius 2 is 1.92 bits per heavy atom. The summed E-state index contributed by atoms with van der Waals surface area (Å²) in [6.07, 6.45) is 1.18. The van der Waals surface area contributed by atoms with E-state index in [0.29, 0.717) is 13.0 Å². The minimum absolute atomic E-state index is 0.204. The van der Waals surface area contributed by atoms with Gasteiger partial charge in [0.05, 0.1) is 4.90 Å². The molecule has 1 aliphatic heterocycles. The highest BCUT2D eigenvalue weighted by molar-refractivity contribution is 9.09. The van der Waals surface area contributed by atoms with Gasteiger partial charge in [-0.25, -0.2) is 8.42 Å².